The molecule has 0 saturated heterocycles. The molecule has 20 heavy (non-hydrogen) atoms. The first kappa shape index (κ1) is 13.5. The number of rotatable bonds is 3. The number of carbonyl (C=O) groups excluding carboxylic acids is 1. The topological polar surface area (TPSA) is 26.3 Å². The van der Waals surface area contributed by atoms with Crippen molar-refractivity contribution in [1.29, 1.82) is 0 Å². The van der Waals surface area contributed by atoms with Gasteiger partial charge in [0.05, 0.1) is 11.6 Å². The highest BCUT2D eigenvalue weighted by molar-refractivity contribution is 6.34. The van der Waals surface area contributed by atoms with E-state index in [0.717, 1.165) is 23.3 Å². The molecule has 0 aliphatic carbocycles. The van der Waals surface area contributed by atoms with Gasteiger partial charge in [-0.15, -0.1) is 0 Å². The summed E-state index contributed by atoms with van der Waals surface area (Å²) in [6.45, 7) is 0.642. The van der Waals surface area contributed by atoms with Crippen molar-refractivity contribution in [3.63, 3.8) is 0 Å². The van der Waals surface area contributed by atoms with Crippen molar-refractivity contribution in [2.45, 2.75) is 12.8 Å². The number of ether oxygens (including phenoxy) is 1. The summed E-state index contributed by atoms with van der Waals surface area (Å²) in [4.78, 5) is 12.4. The Morgan fingerprint density at radius 1 is 1.20 bits per heavy atom. The lowest BCUT2D eigenvalue weighted by molar-refractivity contribution is 0.0992. The van der Waals surface area contributed by atoms with Crippen molar-refractivity contribution in [1.82, 2.24) is 0 Å². The second-order valence-electron chi connectivity index (χ2n) is 4.73. The number of ketones is 1. The summed E-state index contributed by atoms with van der Waals surface area (Å²) in [5.74, 6) is 0.769. The van der Waals surface area contributed by atoms with E-state index >= 15 is 0 Å². The predicted molar refractivity (Wildman–Crippen MR) is 80.1 cm³/mol. The van der Waals surface area contributed by atoms with Gasteiger partial charge in [-0.1, -0.05) is 35.3 Å². The quantitative estimate of drug-likeness (QED) is 0.788. The van der Waals surface area contributed by atoms with Crippen molar-refractivity contribution >= 4 is 29.0 Å². The van der Waals surface area contributed by atoms with Crippen LogP contribution in [0.1, 0.15) is 21.5 Å². The summed E-state index contributed by atoms with van der Waals surface area (Å²) >= 11 is 12.2. The summed E-state index contributed by atoms with van der Waals surface area (Å²) in [6.07, 6.45) is 1.08. The van der Waals surface area contributed by atoms with E-state index in [1.54, 1.807) is 30.3 Å². The molecule has 1 aliphatic heterocycles. The maximum absolute atomic E-state index is 12.4. The maximum atomic E-state index is 12.4. The minimum atomic E-state index is -0.0319. The molecule has 0 spiro atoms. The van der Waals surface area contributed by atoms with Gasteiger partial charge in [-0.05, 0) is 29.8 Å². The Kier molecular flexibility index (Phi) is 3.68. The summed E-state index contributed by atoms with van der Waals surface area (Å²) < 4.78 is 5.61. The summed E-state index contributed by atoms with van der Waals surface area (Å²) in [5.41, 5.74) is 2.43. The van der Waals surface area contributed by atoms with Crippen molar-refractivity contribution < 1.29 is 9.53 Å². The lowest BCUT2D eigenvalue weighted by atomic mass is 10.00. The fourth-order valence-electron chi connectivity index (χ4n) is 2.43. The Hall–Kier alpha value is -1.51. The van der Waals surface area contributed by atoms with Gasteiger partial charge in [-0.25, -0.2) is 0 Å². The van der Waals surface area contributed by atoms with E-state index in [4.69, 9.17) is 27.9 Å². The van der Waals surface area contributed by atoms with E-state index in [0.29, 0.717) is 22.2 Å². The van der Waals surface area contributed by atoms with Gasteiger partial charge in [0.15, 0.2) is 5.78 Å². The second kappa shape index (κ2) is 5.47. The molecular formula is C16H12Cl2O2. The fraction of sp³-hybridized carbons (Fsp3) is 0.188. The Morgan fingerprint density at radius 3 is 2.80 bits per heavy atom. The highest BCUT2D eigenvalue weighted by Gasteiger charge is 2.20. The van der Waals surface area contributed by atoms with Crippen molar-refractivity contribution in [3.05, 3.63) is 63.1 Å². The minimum Gasteiger partial charge on any atom is -0.493 e. The van der Waals surface area contributed by atoms with Gasteiger partial charge in [0, 0.05) is 29.0 Å². The third-order valence-corrected chi connectivity index (χ3v) is 3.90. The molecule has 2 aromatic carbocycles. The smallest absolute Gasteiger partial charge is 0.168 e. The van der Waals surface area contributed by atoms with Crippen LogP contribution in [-0.4, -0.2) is 12.4 Å². The Balaban J connectivity index is 1.93. The molecule has 0 saturated carbocycles. The molecule has 0 radical (unpaired) electrons. The van der Waals surface area contributed by atoms with Crippen molar-refractivity contribution in [2.75, 3.05) is 6.61 Å². The normalized spacial score (nSPS) is 12.9. The zero-order valence-electron chi connectivity index (χ0n) is 10.7. The monoisotopic (exact) mass is 306 g/mol. The number of Topliss-reactive ketones (excluding diaryl/α,β-unsaturated/α-hetero) is 1. The van der Waals surface area contributed by atoms with Gasteiger partial charge in [-0.3, -0.25) is 4.79 Å². The van der Waals surface area contributed by atoms with Crippen LogP contribution in [0, 0.1) is 0 Å². The third-order valence-electron chi connectivity index (χ3n) is 3.35. The molecule has 1 aliphatic rings. The van der Waals surface area contributed by atoms with Gasteiger partial charge in [-0.2, -0.15) is 0 Å². The fourth-order valence-corrected chi connectivity index (χ4v) is 2.94. The first-order valence-corrected chi connectivity index (χ1v) is 7.12. The Labute approximate surface area is 127 Å². The van der Waals surface area contributed by atoms with E-state index in [1.165, 1.54) is 0 Å². The van der Waals surface area contributed by atoms with Crippen LogP contribution in [0.2, 0.25) is 10.0 Å². The van der Waals surface area contributed by atoms with Crippen LogP contribution in [0.15, 0.2) is 36.4 Å². The third kappa shape index (κ3) is 2.54. The Bertz CT molecular complexity index is 680. The lowest BCUT2D eigenvalue weighted by Gasteiger charge is -2.09. The standard InChI is InChI=1S/C16H12Cl2O2/c17-12-7-10-5-6-20-16(10)11(8-12)9-15(19)13-3-1-2-4-14(13)18/h1-4,7-8H,5-6,9H2. The van der Waals surface area contributed by atoms with Gasteiger partial charge in [0.25, 0.3) is 0 Å². The van der Waals surface area contributed by atoms with E-state index in [-0.39, 0.29) is 12.2 Å². The molecule has 0 amide bonds. The molecule has 0 atom stereocenters. The average Bonchev–Trinajstić information content (AvgIpc) is 2.87. The van der Waals surface area contributed by atoms with Crippen molar-refractivity contribution in [2.24, 2.45) is 0 Å². The van der Waals surface area contributed by atoms with Crippen LogP contribution in [-0.2, 0) is 12.8 Å². The average molecular weight is 307 g/mol. The molecule has 0 bridgehead atoms. The molecule has 0 aromatic heterocycles. The zero-order chi connectivity index (χ0) is 14.1. The number of fused-ring (bicyclic) bond motifs is 1. The molecule has 1 heterocycles. The van der Waals surface area contributed by atoms with Crippen LogP contribution in [0.25, 0.3) is 0 Å². The molecule has 2 nitrogen and oxygen atoms in total. The molecule has 0 unspecified atom stereocenters. The van der Waals surface area contributed by atoms with Crippen LogP contribution in [0.5, 0.6) is 5.75 Å². The van der Waals surface area contributed by atoms with E-state index < -0.39 is 0 Å². The van der Waals surface area contributed by atoms with Gasteiger partial charge < -0.3 is 4.74 Å². The number of hydrogen-bond acceptors (Lipinski definition) is 2. The minimum absolute atomic E-state index is 0.0319. The first-order valence-electron chi connectivity index (χ1n) is 6.37. The molecule has 0 fully saturated rings. The van der Waals surface area contributed by atoms with Gasteiger partial charge in [0.1, 0.15) is 5.75 Å². The number of carbonyl (C=O) groups is 1. The van der Waals surface area contributed by atoms with Crippen LogP contribution in [0.3, 0.4) is 0 Å². The number of halogens is 2. The molecular weight excluding hydrogens is 295 g/mol. The second-order valence-corrected chi connectivity index (χ2v) is 5.58. The van der Waals surface area contributed by atoms with E-state index in [1.807, 2.05) is 6.07 Å². The first-order chi connectivity index (χ1) is 9.65. The number of benzene rings is 2. The SMILES string of the molecule is O=C(Cc1cc(Cl)cc2c1OCC2)c1ccccc1Cl. The predicted octanol–water partition coefficient (Wildman–Crippen LogP) is 4.35. The van der Waals surface area contributed by atoms with Gasteiger partial charge in [0.2, 0.25) is 0 Å². The highest BCUT2D eigenvalue weighted by Crippen LogP contribution is 2.33. The summed E-state index contributed by atoms with van der Waals surface area (Å²) in [5, 5.41) is 1.10. The lowest BCUT2D eigenvalue weighted by Crippen LogP contribution is -2.05. The largest absolute Gasteiger partial charge is 0.493 e. The molecule has 3 rings (SSSR count). The van der Waals surface area contributed by atoms with Gasteiger partial charge >= 0.3 is 0 Å². The van der Waals surface area contributed by atoms with Crippen LogP contribution >= 0.6 is 23.2 Å². The van der Waals surface area contributed by atoms with Crippen LogP contribution < -0.4 is 4.74 Å². The van der Waals surface area contributed by atoms with Crippen LogP contribution in [0.4, 0.5) is 0 Å². The molecule has 102 valence electrons. The van der Waals surface area contributed by atoms with E-state index in [2.05, 4.69) is 0 Å². The van der Waals surface area contributed by atoms with E-state index in [9.17, 15) is 4.79 Å². The summed E-state index contributed by atoms with van der Waals surface area (Å²) in [6, 6.07) is 10.7. The Morgan fingerprint density at radius 2 is 2.00 bits per heavy atom. The molecule has 0 N–H and O–H groups in total. The maximum Gasteiger partial charge on any atom is 0.168 e. The van der Waals surface area contributed by atoms with Crippen molar-refractivity contribution in [3.8, 4) is 5.75 Å². The number of hydrogen-bond donors (Lipinski definition) is 0. The zero-order valence-corrected chi connectivity index (χ0v) is 12.2. The highest BCUT2D eigenvalue weighted by atomic mass is 35.5. The molecule has 2 aromatic rings. The summed E-state index contributed by atoms with van der Waals surface area (Å²) in [7, 11) is 0. The molecule has 4 heteroatoms.